The number of hydrogen-bond donors (Lipinski definition) is 4. The van der Waals surface area contributed by atoms with Crippen LogP contribution in [0.1, 0.15) is 17.2 Å². The molecule has 7 nitrogen and oxygen atoms in total. The number of aliphatic hydroxyl groups excluding tert-OH is 1. The molecular weight excluding hydrogens is 508 g/mol. The number of halogens is 3. The van der Waals surface area contributed by atoms with Crippen LogP contribution in [0.4, 0.5) is 5.69 Å². The molecule has 0 fully saturated rings. The Labute approximate surface area is 180 Å². The zero-order chi connectivity index (χ0) is 19.3. The third-order valence-electron chi connectivity index (χ3n) is 3.43. The summed E-state index contributed by atoms with van der Waals surface area (Å²) in [6.45, 7) is -0.203. The lowest BCUT2D eigenvalue weighted by Crippen LogP contribution is -2.34. The van der Waals surface area contributed by atoms with Crippen LogP contribution in [0.2, 0.25) is 5.02 Å². The first-order valence-electron chi connectivity index (χ1n) is 7.48. The summed E-state index contributed by atoms with van der Waals surface area (Å²) >= 11 is 8.06. The molecule has 0 aliphatic carbocycles. The van der Waals surface area contributed by atoms with Gasteiger partial charge in [-0.25, -0.2) is 0 Å². The van der Waals surface area contributed by atoms with Crippen LogP contribution in [0.3, 0.4) is 0 Å². The van der Waals surface area contributed by atoms with Crippen molar-refractivity contribution in [3.8, 4) is 5.75 Å². The number of amidine groups is 1. The summed E-state index contributed by atoms with van der Waals surface area (Å²) in [4.78, 5) is 11.7. The Hall–Kier alpha value is -1.75. The zero-order valence-corrected chi connectivity index (χ0v) is 17.6. The number of nitrogens with one attached hydrogen (secondary N) is 2. The molecule has 146 valence electrons. The highest BCUT2D eigenvalue weighted by molar-refractivity contribution is 14.1. The number of carbonyl (C=O) groups is 1. The van der Waals surface area contributed by atoms with Crippen molar-refractivity contribution in [2.75, 3.05) is 18.5 Å². The van der Waals surface area contributed by atoms with Gasteiger partial charge in [-0.2, -0.15) is 0 Å². The summed E-state index contributed by atoms with van der Waals surface area (Å²) in [5.74, 6) is -1.14. The van der Waals surface area contributed by atoms with E-state index in [0.29, 0.717) is 25.6 Å². The molecule has 0 aromatic heterocycles. The van der Waals surface area contributed by atoms with Gasteiger partial charge in [0.2, 0.25) is 0 Å². The monoisotopic (exact) mass is 524 g/mol. The SMILES string of the molecule is Cl.N=C(N)c1ccc(NC(C(=O)[O-])c2cc(Cl)cc(I)c2OCCO)cc1. The van der Waals surface area contributed by atoms with Gasteiger partial charge in [0.05, 0.1) is 22.2 Å². The maximum absolute atomic E-state index is 11.7. The molecule has 0 aliphatic rings. The number of hydrogen-bond acceptors (Lipinski definition) is 6. The standard InChI is InChI=1S/C17H17ClIN3O4.ClH/c18-10-7-12(15(13(19)8-10)26-6-5-23)14(17(24)25)22-11-3-1-9(2-4-11)16(20)21;/h1-4,7-8,14,22-23H,5-6H2,(H3,20,21)(H,24,25);1H/p-1. The average molecular weight is 525 g/mol. The second-order valence-corrected chi connectivity index (χ2v) is 6.86. The summed E-state index contributed by atoms with van der Waals surface area (Å²) < 4.78 is 6.11. The van der Waals surface area contributed by atoms with Gasteiger partial charge < -0.3 is 30.8 Å². The van der Waals surface area contributed by atoms with E-state index in [4.69, 9.17) is 32.6 Å². The van der Waals surface area contributed by atoms with Crippen LogP contribution < -0.4 is 20.9 Å². The minimum atomic E-state index is -1.37. The first-order valence-corrected chi connectivity index (χ1v) is 8.93. The molecule has 2 rings (SSSR count). The predicted octanol–water partition coefficient (Wildman–Crippen LogP) is 1.92. The normalized spacial score (nSPS) is 11.2. The van der Waals surface area contributed by atoms with Crippen molar-refractivity contribution in [2.24, 2.45) is 5.73 Å². The molecule has 1 atom stereocenters. The van der Waals surface area contributed by atoms with Gasteiger partial charge in [-0.05, 0) is 59.0 Å². The number of nitrogens with two attached hydrogens (primary N) is 1. The van der Waals surface area contributed by atoms with Gasteiger partial charge in [-0.1, -0.05) is 11.6 Å². The average Bonchev–Trinajstić information content (AvgIpc) is 2.58. The molecule has 0 saturated heterocycles. The Morgan fingerprint density at radius 2 is 2.00 bits per heavy atom. The van der Waals surface area contributed by atoms with Crippen molar-refractivity contribution >= 4 is 64.1 Å². The van der Waals surface area contributed by atoms with Crippen molar-refractivity contribution in [3.05, 3.63) is 56.1 Å². The van der Waals surface area contributed by atoms with E-state index in [-0.39, 0.29) is 37.0 Å². The molecule has 0 bridgehead atoms. The van der Waals surface area contributed by atoms with E-state index >= 15 is 0 Å². The van der Waals surface area contributed by atoms with Gasteiger partial charge in [0.15, 0.2) is 0 Å². The van der Waals surface area contributed by atoms with E-state index in [1.165, 1.54) is 6.07 Å². The molecule has 2 aromatic carbocycles. The second kappa shape index (κ2) is 10.5. The van der Waals surface area contributed by atoms with Gasteiger partial charge in [0.1, 0.15) is 18.2 Å². The molecule has 0 aliphatic heterocycles. The first kappa shape index (κ1) is 23.3. The number of carboxylic acid groups (broad SMARTS) is 1. The van der Waals surface area contributed by atoms with E-state index in [1.807, 2.05) is 22.6 Å². The Bertz CT molecular complexity index is 819. The number of rotatable bonds is 8. The van der Waals surface area contributed by atoms with Crippen molar-refractivity contribution in [3.63, 3.8) is 0 Å². The maximum Gasteiger partial charge on any atom is 0.138 e. The first-order chi connectivity index (χ1) is 12.3. The molecule has 0 heterocycles. The second-order valence-electron chi connectivity index (χ2n) is 5.27. The topological polar surface area (TPSA) is 131 Å². The number of ether oxygens (including phenoxy) is 1. The Morgan fingerprint density at radius 1 is 1.37 bits per heavy atom. The van der Waals surface area contributed by atoms with Crippen molar-refractivity contribution < 1.29 is 19.7 Å². The Balaban J connectivity index is 0.00000364. The van der Waals surface area contributed by atoms with Crippen LogP contribution in [0.5, 0.6) is 5.75 Å². The van der Waals surface area contributed by atoms with Gasteiger partial charge in [-0.15, -0.1) is 12.4 Å². The molecule has 10 heteroatoms. The van der Waals surface area contributed by atoms with E-state index in [9.17, 15) is 9.90 Å². The summed E-state index contributed by atoms with van der Waals surface area (Å²) in [7, 11) is 0. The van der Waals surface area contributed by atoms with Crippen molar-refractivity contribution in [2.45, 2.75) is 6.04 Å². The van der Waals surface area contributed by atoms with Crippen molar-refractivity contribution in [1.82, 2.24) is 0 Å². The summed E-state index contributed by atoms with van der Waals surface area (Å²) in [6, 6.07) is 8.29. The third-order valence-corrected chi connectivity index (χ3v) is 4.45. The smallest absolute Gasteiger partial charge is 0.138 e. The summed E-state index contributed by atoms with van der Waals surface area (Å²) in [6.07, 6.45) is 0. The third kappa shape index (κ3) is 6.13. The Morgan fingerprint density at radius 3 is 2.52 bits per heavy atom. The highest BCUT2D eigenvalue weighted by Crippen LogP contribution is 2.35. The lowest BCUT2D eigenvalue weighted by molar-refractivity contribution is -0.307. The van der Waals surface area contributed by atoms with Crippen LogP contribution in [-0.4, -0.2) is 30.1 Å². The highest BCUT2D eigenvalue weighted by atomic mass is 127. The fraction of sp³-hybridized carbons (Fsp3) is 0.176. The minimum Gasteiger partial charge on any atom is -0.548 e. The largest absolute Gasteiger partial charge is 0.548 e. The molecule has 5 N–H and O–H groups in total. The number of aliphatic hydroxyl groups is 1. The van der Waals surface area contributed by atoms with E-state index in [1.54, 1.807) is 30.3 Å². The fourth-order valence-corrected chi connectivity index (χ4v) is 3.48. The number of nitrogen functional groups attached to an aromatic ring is 1. The number of aliphatic carboxylic acids is 1. The number of carboxylic acids is 1. The predicted molar refractivity (Wildman–Crippen MR) is 113 cm³/mol. The fourth-order valence-electron chi connectivity index (χ4n) is 2.27. The lowest BCUT2D eigenvalue weighted by Gasteiger charge is -2.25. The Kier molecular flexibility index (Phi) is 9.10. The quantitative estimate of drug-likeness (QED) is 0.237. The lowest BCUT2D eigenvalue weighted by atomic mass is 10.0. The molecule has 27 heavy (non-hydrogen) atoms. The zero-order valence-electron chi connectivity index (χ0n) is 13.9. The van der Waals surface area contributed by atoms with Gasteiger partial charge in [0.25, 0.3) is 0 Å². The summed E-state index contributed by atoms with van der Waals surface area (Å²) in [5, 5.41) is 31.3. The van der Waals surface area contributed by atoms with Gasteiger partial charge in [-0.3, -0.25) is 5.41 Å². The molecule has 0 radical (unpaired) electrons. The van der Waals surface area contributed by atoms with Gasteiger partial charge >= 0.3 is 0 Å². The van der Waals surface area contributed by atoms with E-state index in [0.717, 1.165) is 0 Å². The minimum absolute atomic E-state index is 0. The number of benzene rings is 2. The van der Waals surface area contributed by atoms with E-state index in [2.05, 4.69) is 5.32 Å². The summed E-state index contributed by atoms with van der Waals surface area (Å²) in [5.41, 5.74) is 6.70. The number of carbonyl (C=O) groups excluding carboxylic acids is 1. The molecule has 0 saturated carbocycles. The number of anilines is 1. The molecular formula is C17H17Cl2IN3O4-. The van der Waals surface area contributed by atoms with Crippen LogP contribution in [0.15, 0.2) is 36.4 Å². The van der Waals surface area contributed by atoms with E-state index < -0.39 is 12.0 Å². The molecule has 2 aromatic rings. The van der Waals surface area contributed by atoms with Crippen LogP contribution in [0, 0.1) is 8.98 Å². The van der Waals surface area contributed by atoms with Crippen LogP contribution in [-0.2, 0) is 4.79 Å². The molecule has 0 amide bonds. The highest BCUT2D eigenvalue weighted by Gasteiger charge is 2.21. The maximum atomic E-state index is 11.7. The van der Waals surface area contributed by atoms with Crippen LogP contribution in [0.25, 0.3) is 0 Å². The van der Waals surface area contributed by atoms with Gasteiger partial charge in [0, 0.05) is 21.8 Å². The van der Waals surface area contributed by atoms with Crippen LogP contribution >= 0.6 is 46.6 Å². The van der Waals surface area contributed by atoms with Crippen molar-refractivity contribution in [1.29, 1.82) is 5.41 Å². The molecule has 1 unspecified atom stereocenters. The molecule has 0 spiro atoms.